The number of nitrogens with one attached hydrogen (secondary N) is 1. The Morgan fingerprint density at radius 2 is 2.00 bits per heavy atom. The third kappa shape index (κ3) is 3.94. The summed E-state index contributed by atoms with van der Waals surface area (Å²) in [4.78, 5) is 11.1. The molecule has 1 aromatic carbocycles. The highest BCUT2D eigenvalue weighted by atomic mass is 32.2. The van der Waals surface area contributed by atoms with Gasteiger partial charge in [-0.3, -0.25) is 4.99 Å². The van der Waals surface area contributed by atoms with Gasteiger partial charge in [0.05, 0.1) is 6.54 Å². The topological polar surface area (TPSA) is 40.5 Å². The normalized spacial score (nSPS) is 15.7. The van der Waals surface area contributed by atoms with Crippen LogP contribution in [0, 0.1) is 6.92 Å². The molecule has 1 N–H and O–H groups in total. The summed E-state index contributed by atoms with van der Waals surface area (Å²) in [5.74, 6) is 0.785. The molecule has 0 bridgehead atoms. The van der Waals surface area contributed by atoms with Crippen LogP contribution in [0.15, 0.2) is 53.7 Å². The monoisotopic (exact) mass is 356 g/mol. The van der Waals surface area contributed by atoms with Gasteiger partial charge in [-0.2, -0.15) is 0 Å². The lowest BCUT2D eigenvalue weighted by Crippen LogP contribution is -2.39. The second-order valence-electron chi connectivity index (χ2n) is 6.28. The van der Waals surface area contributed by atoms with Crippen molar-refractivity contribution in [3.05, 3.63) is 54.2 Å². The minimum absolute atomic E-state index is 0.0692. The van der Waals surface area contributed by atoms with Crippen LogP contribution in [0.5, 0.6) is 0 Å². The van der Waals surface area contributed by atoms with E-state index in [1.54, 1.807) is 18.0 Å². The number of aromatic nitrogens is 1. The van der Waals surface area contributed by atoms with E-state index >= 15 is 0 Å². The van der Waals surface area contributed by atoms with E-state index in [0.717, 1.165) is 28.8 Å². The van der Waals surface area contributed by atoms with Crippen LogP contribution in [0.3, 0.4) is 0 Å². The number of para-hydroxylation sites is 1. The molecular formula is C18H20N4S2. The predicted molar refractivity (Wildman–Crippen MR) is 108 cm³/mol. The number of aliphatic imine (C=N–C) groups is 1. The van der Waals surface area contributed by atoms with E-state index in [1.807, 2.05) is 54.3 Å². The summed E-state index contributed by atoms with van der Waals surface area (Å²) in [6.45, 7) is 7.18. The Bertz CT molecular complexity index is 772. The van der Waals surface area contributed by atoms with Gasteiger partial charge in [0.25, 0.3) is 0 Å². The predicted octanol–water partition coefficient (Wildman–Crippen LogP) is 4.47. The molecule has 0 radical (unpaired) electrons. The number of nitrogens with zero attached hydrogens (tertiary/aromatic N) is 3. The van der Waals surface area contributed by atoms with Crippen molar-refractivity contribution in [2.75, 3.05) is 16.8 Å². The summed E-state index contributed by atoms with van der Waals surface area (Å²) in [5, 5.41) is 4.74. The Morgan fingerprint density at radius 3 is 2.62 bits per heavy atom. The molecule has 3 rings (SSSR count). The molecule has 2 heterocycles. The quantitative estimate of drug-likeness (QED) is 0.804. The molecule has 6 heteroatoms. The molecule has 0 unspecified atom stereocenters. The van der Waals surface area contributed by atoms with Crippen molar-refractivity contribution >= 4 is 45.8 Å². The standard InChI is InChI=1S/C18H20N4S2/c1-13-9-10-19-15(11-13)22(17-20-12-18(2,3)24-17)16(23)21-14-7-5-4-6-8-14/h4-11H,12H2,1-3H3,(H,21,23). The zero-order chi connectivity index (χ0) is 17.2. The zero-order valence-corrected chi connectivity index (χ0v) is 15.6. The molecule has 24 heavy (non-hydrogen) atoms. The van der Waals surface area contributed by atoms with E-state index in [4.69, 9.17) is 17.2 Å². The Balaban J connectivity index is 1.92. The number of hydrogen-bond donors (Lipinski definition) is 1. The Kier molecular flexibility index (Phi) is 4.87. The number of thiocarbonyl (C=S) groups is 1. The van der Waals surface area contributed by atoms with Crippen molar-refractivity contribution in [1.29, 1.82) is 0 Å². The SMILES string of the molecule is Cc1ccnc(N(C(=S)Nc2ccccc2)C2=NCC(C)(C)S2)c1. The largest absolute Gasteiger partial charge is 0.332 e. The third-order valence-electron chi connectivity index (χ3n) is 3.51. The number of benzene rings is 1. The summed E-state index contributed by atoms with van der Waals surface area (Å²) in [5.41, 5.74) is 2.08. The van der Waals surface area contributed by atoms with Gasteiger partial charge in [-0.1, -0.05) is 30.0 Å². The van der Waals surface area contributed by atoms with Crippen molar-refractivity contribution in [2.45, 2.75) is 25.5 Å². The fourth-order valence-electron chi connectivity index (χ4n) is 2.32. The molecule has 0 saturated carbocycles. The lowest BCUT2D eigenvalue weighted by Gasteiger charge is -2.26. The number of thioether (sulfide) groups is 1. The zero-order valence-electron chi connectivity index (χ0n) is 14.0. The van der Waals surface area contributed by atoms with Gasteiger partial charge in [0.1, 0.15) is 5.82 Å². The van der Waals surface area contributed by atoms with Crippen LogP contribution >= 0.6 is 24.0 Å². The van der Waals surface area contributed by atoms with Crippen LogP contribution in [0.25, 0.3) is 0 Å². The summed E-state index contributed by atoms with van der Waals surface area (Å²) in [7, 11) is 0. The highest BCUT2D eigenvalue weighted by Gasteiger charge is 2.33. The Labute approximate surface area is 152 Å². The third-order valence-corrected chi connectivity index (χ3v) is 4.97. The van der Waals surface area contributed by atoms with Crippen LogP contribution in [-0.2, 0) is 0 Å². The smallest absolute Gasteiger partial charge is 0.185 e. The van der Waals surface area contributed by atoms with Gasteiger partial charge >= 0.3 is 0 Å². The molecule has 0 fully saturated rings. The first-order valence-electron chi connectivity index (χ1n) is 7.77. The molecule has 4 nitrogen and oxygen atoms in total. The molecule has 2 aromatic rings. The summed E-state index contributed by atoms with van der Waals surface area (Å²) in [6, 6.07) is 13.9. The van der Waals surface area contributed by atoms with Gasteiger partial charge in [0.15, 0.2) is 10.3 Å². The van der Waals surface area contributed by atoms with E-state index in [9.17, 15) is 0 Å². The van der Waals surface area contributed by atoms with Crippen molar-refractivity contribution < 1.29 is 0 Å². The number of amidine groups is 1. The number of hydrogen-bond acceptors (Lipinski definition) is 4. The van der Waals surface area contributed by atoms with Gasteiger partial charge in [0.2, 0.25) is 0 Å². The summed E-state index contributed by atoms with van der Waals surface area (Å²) in [6.07, 6.45) is 1.80. The maximum absolute atomic E-state index is 5.67. The molecule has 1 aliphatic rings. The van der Waals surface area contributed by atoms with Crippen LogP contribution in [0.1, 0.15) is 19.4 Å². The average Bonchev–Trinajstić information content (AvgIpc) is 2.88. The molecular weight excluding hydrogens is 336 g/mol. The molecule has 1 aromatic heterocycles. The fraction of sp³-hybridized carbons (Fsp3) is 0.278. The number of aryl methyl sites for hydroxylation is 1. The van der Waals surface area contributed by atoms with E-state index < -0.39 is 0 Å². The van der Waals surface area contributed by atoms with Gasteiger partial charge in [-0.15, -0.1) is 0 Å². The lowest BCUT2D eigenvalue weighted by atomic mass is 10.2. The minimum atomic E-state index is 0.0692. The van der Waals surface area contributed by atoms with Crippen LogP contribution < -0.4 is 10.2 Å². The van der Waals surface area contributed by atoms with Crippen molar-refractivity contribution in [3.63, 3.8) is 0 Å². The summed E-state index contributed by atoms with van der Waals surface area (Å²) < 4.78 is 0.0692. The van der Waals surface area contributed by atoms with Gasteiger partial charge in [-0.25, -0.2) is 9.88 Å². The molecule has 0 atom stereocenters. The second kappa shape index (κ2) is 6.91. The van der Waals surface area contributed by atoms with Gasteiger partial charge < -0.3 is 5.32 Å². The lowest BCUT2D eigenvalue weighted by molar-refractivity contribution is 0.741. The second-order valence-corrected chi connectivity index (χ2v) is 8.34. The molecule has 0 saturated heterocycles. The van der Waals surface area contributed by atoms with E-state index in [1.165, 1.54) is 0 Å². The number of anilines is 2. The fourth-order valence-corrected chi connectivity index (χ4v) is 3.70. The molecule has 0 spiro atoms. The minimum Gasteiger partial charge on any atom is -0.332 e. The van der Waals surface area contributed by atoms with Crippen LogP contribution in [-0.4, -0.2) is 26.6 Å². The molecule has 124 valence electrons. The molecule has 0 amide bonds. The first-order chi connectivity index (χ1) is 11.4. The maximum atomic E-state index is 5.67. The Hall–Kier alpha value is -1.92. The van der Waals surface area contributed by atoms with Gasteiger partial charge in [0, 0.05) is 16.6 Å². The van der Waals surface area contributed by atoms with Crippen molar-refractivity contribution in [1.82, 2.24) is 4.98 Å². The van der Waals surface area contributed by atoms with Gasteiger partial charge in [-0.05, 0) is 62.8 Å². The average molecular weight is 357 g/mol. The maximum Gasteiger partial charge on any atom is 0.185 e. The Morgan fingerprint density at radius 1 is 1.25 bits per heavy atom. The van der Waals surface area contributed by atoms with E-state index in [2.05, 4.69) is 24.1 Å². The van der Waals surface area contributed by atoms with E-state index in [0.29, 0.717) is 5.11 Å². The highest BCUT2D eigenvalue weighted by molar-refractivity contribution is 8.15. The molecule has 1 aliphatic heterocycles. The molecule has 0 aliphatic carbocycles. The van der Waals surface area contributed by atoms with Crippen molar-refractivity contribution in [3.8, 4) is 0 Å². The number of pyridine rings is 1. The van der Waals surface area contributed by atoms with Crippen molar-refractivity contribution in [2.24, 2.45) is 4.99 Å². The first-order valence-corrected chi connectivity index (χ1v) is 8.99. The summed E-state index contributed by atoms with van der Waals surface area (Å²) >= 11 is 7.40. The van der Waals surface area contributed by atoms with Crippen LogP contribution in [0.4, 0.5) is 11.5 Å². The van der Waals surface area contributed by atoms with Crippen LogP contribution in [0.2, 0.25) is 0 Å². The number of rotatable bonds is 2. The van der Waals surface area contributed by atoms with E-state index in [-0.39, 0.29) is 4.75 Å². The highest BCUT2D eigenvalue weighted by Crippen LogP contribution is 2.35. The first kappa shape index (κ1) is 16.9.